The Morgan fingerprint density at radius 3 is 2.50 bits per heavy atom. The van der Waals surface area contributed by atoms with Crippen LogP contribution in [-0.4, -0.2) is 5.54 Å². The van der Waals surface area contributed by atoms with Crippen LogP contribution in [0.5, 0.6) is 0 Å². The Morgan fingerprint density at radius 1 is 1.06 bits per heavy atom. The first-order chi connectivity index (χ1) is 7.46. The second kappa shape index (κ2) is 4.10. The Balaban J connectivity index is 2.45. The number of halogens is 1. The first-order valence-electron chi connectivity index (χ1n) is 5.42. The van der Waals surface area contributed by atoms with Gasteiger partial charge in [0.05, 0.1) is 0 Å². The lowest BCUT2D eigenvalue weighted by Gasteiger charge is -2.22. The molecular formula is C14H16BrN. The average molecular weight is 278 g/mol. The first-order valence-corrected chi connectivity index (χ1v) is 6.21. The van der Waals surface area contributed by atoms with Crippen LogP contribution in [0, 0.1) is 0 Å². The van der Waals surface area contributed by atoms with E-state index < -0.39 is 0 Å². The van der Waals surface area contributed by atoms with E-state index in [1.54, 1.807) is 0 Å². The highest BCUT2D eigenvalue weighted by Crippen LogP contribution is 2.27. The third kappa shape index (κ3) is 2.56. The fraction of sp³-hybridized carbons (Fsp3) is 0.286. The van der Waals surface area contributed by atoms with Crippen LogP contribution in [0.25, 0.3) is 10.8 Å². The van der Waals surface area contributed by atoms with Crippen LogP contribution >= 0.6 is 15.9 Å². The number of hydrogen-bond donors (Lipinski definition) is 1. The zero-order chi connectivity index (χ0) is 11.8. The van der Waals surface area contributed by atoms with E-state index in [1.807, 2.05) is 0 Å². The highest BCUT2D eigenvalue weighted by atomic mass is 79.9. The number of benzene rings is 2. The molecule has 0 amide bonds. The molecule has 0 spiro atoms. The number of anilines is 1. The topological polar surface area (TPSA) is 12.0 Å². The predicted octanol–water partition coefficient (Wildman–Crippen LogP) is 4.81. The highest BCUT2D eigenvalue weighted by molar-refractivity contribution is 9.10. The van der Waals surface area contributed by atoms with Crippen molar-refractivity contribution in [3.63, 3.8) is 0 Å². The molecule has 2 rings (SSSR count). The number of rotatable bonds is 1. The SMILES string of the molecule is CC(C)(C)Nc1ccc2c(Br)cccc2c1. The monoisotopic (exact) mass is 277 g/mol. The molecular weight excluding hydrogens is 262 g/mol. The predicted molar refractivity (Wildman–Crippen MR) is 75.0 cm³/mol. The van der Waals surface area contributed by atoms with E-state index >= 15 is 0 Å². The van der Waals surface area contributed by atoms with Crippen molar-refractivity contribution in [3.8, 4) is 0 Å². The zero-order valence-corrected chi connectivity index (χ0v) is 11.4. The van der Waals surface area contributed by atoms with Gasteiger partial charge in [0, 0.05) is 15.7 Å². The van der Waals surface area contributed by atoms with Crippen molar-refractivity contribution in [2.45, 2.75) is 26.3 Å². The van der Waals surface area contributed by atoms with Gasteiger partial charge in [-0.3, -0.25) is 0 Å². The van der Waals surface area contributed by atoms with Crippen molar-refractivity contribution in [2.75, 3.05) is 5.32 Å². The molecule has 0 unspecified atom stereocenters. The summed E-state index contributed by atoms with van der Waals surface area (Å²) < 4.78 is 1.15. The Kier molecular flexibility index (Phi) is 2.94. The Hall–Kier alpha value is -1.02. The average Bonchev–Trinajstić information content (AvgIpc) is 2.15. The molecule has 84 valence electrons. The van der Waals surface area contributed by atoms with Gasteiger partial charge in [0.2, 0.25) is 0 Å². The summed E-state index contributed by atoms with van der Waals surface area (Å²) in [7, 11) is 0. The smallest absolute Gasteiger partial charge is 0.0350 e. The molecule has 1 nitrogen and oxygen atoms in total. The van der Waals surface area contributed by atoms with Gasteiger partial charge >= 0.3 is 0 Å². The zero-order valence-electron chi connectivity index (χ0n) is 9.84. The molecule has 1 N–H and O–H groups in total. The molecule has 2 aromatic carbocycles. The lowest BCUT2D eigenvalue weighted by atomic mass is 10.1. The third-order valence-corrected chi connectivity index (χ3v) is 3.04. The summed E-state index contributed by atoms with van der Waals surface area (Å²) in [5.41, 5.74) is 1.26. The van der Waals surface area contributed by atoms with Crippen molar-refractivity contribution in [2.24, 2.45) is 0 Å². The first kappa shape index (κ1) is 11.5. The van der Waals surface area contributed by atoms with Gasteiger partial charge < -0.3 is 5.32 Å². The van der Waals surface area contributed by atoms with Crippen LogP contribution in [0.4, 0.5) is 5.69 Å². The minimum Gasteiger partial charge on any atom is -0.380 e. The summed E-state index contributed by atoms with van der Waals surface area (Å²) in [5, 5.41) is 5.98. The maximum atomic E-state index is 3.56. The standard InChI is InChI=1S/C14H16BrN/c1-14(2,3)16-11-7-8-12-10(9-11)5-4-6-13(12)15/h4-9,16H,1-3H3. The van der Waals surface area contributed by atoms with Crippen molar-refractivity contribution in [1.82, 2.24) is 0 Å². The summed E-state index contributed by atoms with van der Waals surface area (Å²) in [6.07, 6.45) is 0. The molecule has 0 saturated heterocycles. The molecule has 16 heavy (non-hydrogen) atoms. The molecule has 0 aliphatic rings. The van der Waals surface area contributed by atoms with E-state index in [9.17, 15) is 0 Å². The normalized spacial score (nSPS) is 11.8. The van der Waals surface area contributed by atoms with Crippen LogP contribution < -0.4 is 5.32 Å². The lowest BCUT2D eigenvalue weighted by Crippen LogP contribution is -2.25. The molecule has 0 aromatic heterocycles. The molecule has 0 atom stereocenters. The summed E-state index contributed by atoms with van der Waals surface area (Å²) in [5.74, 6) is 0. The largest absolute Gasteiger partial charge is 0.380 e. The number of hydrogen-bond acceptors (Lipinski definition) is 1. The van der Waals surface area contributed by atoms with Gasteiger partial charge in [-0.15, -0.1) is 0 Å². The van der Waals surface area contributed by atoms with Crippen LogP contribution in [0.3, 0.4) is 0 Å². The van der Waals surface area contributed by atoms with E-state index in [4.69, 9.17) is 0 Å². The maximum absolute atomic E-state index is 3.56. The summed E-state index contributed by atoms with van der Waals surface area (Å²) in [6, 6.07) is 12.7. The molecule has 2 aromatic rings. The van der Waals surface area contributed by atoms with Crippen LogP contribution in [0.1, 0.15) is 20.8 Å². The van der Waals surface area contributed by atoms with Crippen LogP contribution in [0.15, 0.2) is 40.9 Å². The Morgan fingerprint density at radius 2 is 1.81 bits per heavy atom. The molecule has 0 fully saturated rings. The third-order valence-electron chi connectivity index (χ3n) is 2.35. The Labute approximate surface area is 105 Å². The minimum absolute atomic E-state index is 0.0969. The number of fused-ring (bicyclic) bond motifs is 1. The van der Waals surface area contributed by atoms with E-state index in [-0.39, 0.29) is 5.54 Å². The van der Waals surface area contributed by atoms with Gasteiger partial charge in [-0.2, -0.15) is 0 Å². The van der Waals surface area contributed by atoms with Gasteiger partial charge in [-0.1, -0.05) is 34.1 Å². The summed E-state index contributed by atoms with van der Waals surface area (Å²) in [4.78, 5) is 0. The van der Waals surface area contributed by atoms with Gasteiger partial charge in [0.25, 0.3) is 0 Å². The van der Waals surface area contributed by atoms with E-state index in [2.05, 4.69) is 78.4 Å². The van der Waals surface area contributed by atoms with Crippen molar-refractivity contribution >= 4 is 32.4 Å². The Bertz CT molecular complexity index is 512. The van der Waals surface area contributed by atoms with Gasteiger partial charge in [-0.25, -0.2) is 0 Å². The molecule has 2 heteroatoms. The van der Waals surface area contributed by atoms with E-state index in [0.29, 0.717) is 0 Å². The second-order valence-electron chi connectivity index (χ2n) is 5.05. The van der Waals surface area contributed by atoms with Gasteiger partial charge in [0.1, 0.15) is 0 Å². The molecule has 0 radical (unpaired) electrons. The molecule has 0 aliphatic carbocycles. The molecule has 0 aliphatic heterocycles. The minimum atomic E-state index is 0.0969. The quantitative estimate of drug-likeness (QED) is 0.789. The van der Waals surface area contributed by atoms with Crippen molar-refractivity contribution in [1.29, 1.82) is 0 Å². The number of nitrogens with one attached hydrogen (secondary N) is 1. The summed E-state index contributed by atoms with van der Waals surface area (Å²) >= 11 is 3.56. The van der Waals surface area contributed by atoms with Crippen molar-refractivity contribution < 1.29 is 0 Å². The lowest BCUT2D eigenvalue weighted by molar-refractivity contribution is 0.634. The van der Waals surface area contributed by atoms with Crippen LogP contribution in [-0.2, 0) is 0 Å². The van der Waals surface area contributed by atoms with E-state index in [1.165, 1.54) is 10.8 Å². The fourth-order valence-electron chi connectivity index (χ4n) is 1.75. The van der Waals surface area contributed by atoms with Gasteiger partial charge in [0.15, 0.2) is 0 Å². The van der Waals surface area contributed by atoms with Gasteiger partial charge in [-0.05, 0) is 49.7 Å². The van der Waals surface area contributed by atoms with Crippen LogP contribution in [0.2, 0.25) is 0 Å². The van der Waals surface area contributed by atoms with E-state index in [0.717, 1.165) is 10.2 Å². The molecule has 0 heterocycles. The van der Waals surface area contributed by atoms with Crippen molar-refractivity contribution in [3.05, 3.63) is 40.9 Å². The highest BCUT2D eigenvalue weighted by Gasteiger charge is 2.09. The fourth-order valence-corrected chi connectivity index (χ4v) is 2.27. The second-order valence-corrected chi connectivity index (χ2v) is 5.91. The molecule has 0 saturated carbocycles. The summed E-state index contributed by atoms with van der Waals surface area (Å²) in [6.45, 7) is 6.49. The maximum Gasteiger partial charge on any atom is 0.0350 e. The molecule has 0 bridgehead atoms.